The zero-order valence-corrected chi connectivity index (χ0v) is 9.00. The molecule has 1 unspecified atom stereocenters. The van der Waals surface area contributed by atoms with E-state index < -0.39 is 0 Å². The van der Waals surface area contributed by atoms with Crippen molar-refractivity contribution in [3.63, 3.8) is 0 Å². The van der Waals surface area contributed by atoms with Gasteiger partial charge < -0.3 is 0 Å². The SMILES string of the molecule is O=C1CC(S)CN1c1ncccc1Cl. The average molecular weight is 229 g/mol. The smallest absolute Gasteiger partial charge is 0.229 e. The van der Waals surface area contributed by atoms with E-state index in [-0.39, 0.29) is 11.2 Å². The minimum absolute atomic E-state index is 0.0330. The lowest BCUT2D eigenvalue weighted by Crippen LogP contribution is -2.25. The van der Waals surface area contributed by atoms with E-state index in [2.05, 4.69) is 17.6 Å². The van der Waals surface area contributed by atoms with E-state index in [1.54, 1.807) is 23.2 Å². The highest BCUT2D eigenvalue weighted by Gasteiger charge is 2.30. The first-order valence-corrected chi connectivity index (χ1v) is 5.17. The molecule has 3 nitrogen and oxygen atoms in total. The van der Waals surface area contributed by atoms with E-state index in [1.807, 2.05) is 0 Å². The van der Waals surface area contributed by atoms with Crippen LogP contribution in [-0.2, 0) is 4.79 Å². The standard InChI is InChI=1S/C9H9ClN2OS/c10-7-2-1-3-11-9(7)12-5-6(14)4-8(12)13/h1-3,6,14H,4-5H2. The number of thiol groups is 1. The van der Waals surface area contributed by atoms with Gasteiger partial charge in [-0.15, -0.1) is 0 Å². The molecule has 0 N–H and O–H groups in total. The molecule has 1 aromatic heterocycles. The number of hydrogen-bond acceptors (Lipinski definition) is 3. The number of pyridine rings is 1. The molecule has 5 heteroatoms. The Bertz CT molecular complexity index is 372. The van der Waals surface area contributed by atoms with Crippen molar-refractivity contribution in [1.82, 2.24) is 4.98 Å². The summed E-state index contributed by atoms with van der Waals surface area (Å²) in [6.07, 6.45) is 2.08. The van der Waals surface area contributed by atoms with Gasteiger partial charge in [0.1, 0.15) is 0 Å². The third-order valence-corrected chi connectivity index (χ3v) is 2.74. The van der Waals surface area contributed by atoms with Gasteiger partial charge in [0, 0.05) is 24.4 Å². The number of rotatable bonds is 1. The van der Waals surface area contributed by atoms with Gasteiger partial charge in [0.05, 0.1) is 5.02 Å². The van der Waals surface area contributed by atoms with Gasteiger partial charge in [-0.2, -0.15) is 12.6 Å². The van der Waals surface area contributed by atoms with Gasteiger partial charge in [-0.3, -0.25) is 9.69 Å². The first-order chi connectivity index (χ1) is 6.68. The van der Waals surface area contributed by atoms with Crippen molar-refractivity contribution in [2.75, 3.05) is 11.4 Å². The predicted molar refractivity (Wildman–Crippen MR) is 59.0 cm³/mol. The van der Waals surface area contributed by atoms with Gasteiger partial charge in [-0.1, -0.05) is 11.6 Å². The minimum atomic E-state index is 0.0330. The molecule has 1 aliphatic heterocycles. The molecule has 0 saturated carbocycles. The largest absolute Gasteiger partial charge is 0.294 e. The minimum Gasteiger partial charge on any atom is -0.294 e. The highest BCUT2D eigenvalue weighted by atomic mass is 35.5. The second-order valence-corrected chi connectivity index (χ2v) is 4.31. The van der Waals surface area contributed by atoms with Crippen LogP contribution in [0.1, 0.15) is 6.42 Å². The van der Waals surface area contributed by atoms with E-state index in [1.165, 1.54) is 0 Å². The van der Waals surface area contributed by atoms with Crippen LogP contribution in [0.3, 0.4) is 0 Å². The van der Waals surface area contributed by atoms with Crippen LogP contribution in [0.15, 0.2) is 18.3 Å². The highest BCUT2D eigenvalue weighted by molar-refractivity contribution is 7.81. The highest BCUT2D eigenvalue weighted by Crippen LogP contribution is 2.27. The van der Waals surface area contributed by atoms with Gasteiger partial charge in [0.15, 0.2) is 5.82 Å². The normalized spacial score (nSPS) is 21.7. The van der Waals surface area contributed by atoms with Crippen molar-refractivity contribution in [2.24, 2.45) is 0 Å². The predicted octanol–water partition coefficient (Wildman–Crippen LogP) is 1.77. The molecule has 1 saturated heterocycles. The summed E-state index contributed by atoms with van der Waals surface area (Å²) in [4.78, 5) is 17.2. The van der Waals surface area contributed by atoms with Crippen LogP contribution < -0.4 is 4.90 Å². The number of halogens is 1. The van der Waals surface area contributed by atoms with E-state index in [0.29, 0.717) is 23.8 Å². The van der Waals surface area contributed by atoms with E-state index >= 15 is 0 Å². The van der Waals surface area contributed by atoms with Crippen LogP contribution in [0.25, 0.3) is 0 Å². The number of nitrogens with zero attached hydrogens (tertiary/aromatic N) is 2. The fourth-order valence-electron chi connectivity index (χ4n) is 1.47. The fourth-order valence-corrected chi connectivity index (χ4v) is 2.01. The summed E-state index contributed by atoms with van der Waals surface area (Å²) in [5.74, 6) is 0.571. The lowest BCUT2D eigenvalue weighted by Gasteiger charge is -2.15. The summed E-state index contributed by atoms with van der Waals surface area (Å²) >= 11 is 10.2. The summed E-state index contributed by atoms with van der Waals surface area (Å²) in [6, 6.07) is 3.47. The maximum absolute atomic E-state index is 11.5. The Kier molecular flexibility index (Phi) is 2.65. The van der Waals surface area contributed by atoms with Crippen molar-refractivity contribution in [2.45, 2.75) is 11.7 Å². The molecule has 0 aliphatic carbocycles. The lowest BCUT2D eigenvalue weighted by atomic mass is 10.4. The molecule has 74 valence electrons. The Balaban J connectivity index is 2.32. The monoisotopic (exact) mass is 228 g/mol. The third kappa shape index (κ3) is 1.72. The fraction of sp³-hybridized carbons (Fsp3) is 0.333. The Labute approximate surface area is 92.5 Å². The second-order valence-electron chi connectivity index (χ2n) is 3.17. The number of hydrogen-bond donors (Lipinski definition) is 1. The Morgan fingerprint density at radius 1 is 1.64 bits per heavy atom. The molecule has 1 fully saturated rings. The molecule has 14 heavy (non-hydrogen) atoms. The van der Waals surface area contributed by atoms with Crippen LogP contribution in [-0.4, -0.2) is 22.7 Å². The van der Waals surface area contributed by atoms with Gasteiger partial charge in [0.2, 0.25) is 5.91 Å². The van der Waals surface area contributed by atoms with Crippen molar-refractivity contribution < 1.29 is 4.79 Å². The summed E-state index contributed by atoms with van der Waals surface area (Å²) in [6.45, 7) is 0.582. The number of carbonyl (C=O) groups excluding carboxylic acids is 1. The molecule has 0 bridgehead atoms. The molecular formula is C9H9ClN2OS. The van der Waals surface area contributed by atoms with Crippen LogP contribution in [0.5, 0.6) is 0 Å². The molecule has 2 rings (SSSR count). The Hall–Kier alpha value is -0.740. The van der Waals surface area contributed by atoms with Gasteiger partial charge in [0.25, 0.3) is 0 Å². The number of aromatic nitrogens is 1. The van der Waals surface area contributed by atoms with Gasteiger partial charge in [-0.05, 0) is 12.1 Å². The second kappa shape index (κ2) is 3.79. The molecule has 1 aliphatic rings. The maximum atomic E-state index is 11.5. The average Bonchev–Trinajstić information content (AvgIpc) is 2.46. The number of anilines is 1. The zero-order chi connectivity index (χ0) is 10.1. The maximum Gasteiger partial charge on any atom is 0.229 e. The summed E-state index contributed by atoms with van der Waals surface area (Å²) in [5, 5.41) is 0.587. The summed E-state index contributed by atoms with van der Waals surface area (Å²) in [5.41, 5.74) is 0. The molecule has 1 atom stereocenters. The van der Waals surface area contributed by atoms with Crippen LogP contribution >= 0.6 is 24.2 Å². The zero-order valence-electron chi connectivity index (χ0n) is 7.35. The first-order valence-electron chi connectivity index (χ1n) is 4.27. The van der Waals surface area contributed by atoms with Gasteiger partial charge in [-0.25, -0.2) is 4.98 Å². The van der Waals surface area contributed by atoms with Crippen LogP contribution in [0.2, 0.25) is 5.02 Å². The summed E-state index contributed by atoms with van der Waals surface area (Å²) < 4.78 is 0. The topological polar surface area (TPSA) is 33.2 Å². The molecule has 0 radical (unpaired) electrons. The molecule has 1 aromatic rings. The van der Waals surface area contributed by atoms with E-state index in [9.17, 15) is 4.79 Å². The van der Waals surface area contributed by atoms with Crippen molar-refractivity contribution in [1.29, 1.82) is 0 Å². The third-order valence-electron chi connectivity index (χ3n) is 2.10. The molecule has 1 amide bonds. The molecule has 2 heterocycles. The van der Waals surface area contributed by atoms with Gasteiger partial charge >= 0.3 is 0 Å². The quantitative estimate of drug-likeness (QED) is 0.744. The van der Waals surface area contributed by atoms with Crippen LogP contribution in [0.4, 0.5) is 5.82 Å². The number of amides is 1. The first kappa shape index (κ1) is 9.80. The lowest BCUT2D eigenvalue weighted by molar-refractivity contribution is -0.117. The molecule has 0 aromatic carbocycles. The summed E-state index contributed by atoms with van der Waals surface area (Å²) in [7, 11) is 0. The number of carbonyl (C=O) groups is 1. The molecular weight excluding hydrogens is 220 g/mol. The van der Waals surface area contributed by atoms with Crippen LogP contribution in [0, 0.1) is 0 Å². The Morgan fingerprint density at radius 2 is 2.43 bits per heavy atom. The van der Waals surface area contributed by atoms with E-state index in [4.69, 9.17) is 11.6 Å². The van der Waals surface area contributed by atoms with Crippen molar-refractivity contribution in [3.8, 4) is 0 Å². The Morgan fingerprint density at radius 3 is 3.00 bits per heavy atom. The van der Waals surface area contributed by atoms with E-state index in [0.717, 1.165) is 0 Å². The molecule has 0 spiro atoms. The van der Waals surface area contributed by atoms with Crippen molar-refractivity contribution in [3.05, 3.63) is 23.4 Å². The van der Waals surface area contributed by atoms with Crippen molar-refractivity contribution >= 4 is 36.0 Å².